The van der Waals surface area contributed by atoms with Crippen molar-refractivity contribution in [1.29, 1.82) is 5.26 Å². The minimum absolute atomic E-state index is 0.0154. The van der Waals surface area contributed by atoms with Gasteiger partial charge in [0.15, 0.2) is 18.0 Å². The van der Waals surface area contributed by atoms with Crippen molar-refractivity contribution in [2.45, 2.75) is 26.3 Å². The van der Waals surface area contributed by atoms with Gasteiger partial charge in [0.05, 0.1) is 11.4 Å². The molecule has 0 saturated heterocycles. The van der Waals surface area contributed by atoms with E-state index >= 15 is 0 Å². The van der Waals surface area contributed by atoms with Crippen LogP contribution in [0.2, 0.25) is 0 Å². The molecule has 2 heterocycles. The molecule has 2 aromatic heterocycles. The Morgan fingerprint density at radius 3 is 2.94 bits per heavy atom. The molecule has 0 unspecified atom stereocenters. The van der Waals surface area contributed by atoms with Crippen molar-refractivity contribution in [1.82, 2.24) is 9.38 Å². The fraction of sp³-hybridized carbons (Fsp3) is 0.385. The van der Waals surface area contributed by atoms with E-state index in [9.17, 15) is 0 Å². The minimum atomic E-state index is 0.0154. The predicted octanol–water partition coefficient (Wildman–Crippen LogP) is 1.82. The highest BCUT2D eigenvalue weighted by atomic mass is 16.5. The first-order valence-corrected chi connectivity index (χ1v) is 5.88. The molecule has 94 valence electrons. The third kappa shape index (κ3) is 2.03. The van der Waals surface area contributed by atoms with E-state index < -0.39 is 0 Å². The molecule has 0 radical (unpaired) electrons. The predicted molar refractivity (Wildman–Crippen MR) is 68.3 cm³/mol. The van der Waals surface area contributed by atoms with Crippen LogP contribution in [-0.2, 0) is 6.54 Å². The number of fused-ring (bicyclic) bond motifs is 1. The summed E-state index contributed by atoms with van der Waals surface area (Å²) in [7, 11) is 0. The van der Waals surface area contributed by atoms with Crippen LogP contribution in [0.3, 0.4) is 0 Å². The fourth-order valence-electron chi connectivity index (χ4n) is 2.00. The number of nitrogens with two attached hydrogens (primary N) is 1. The Balaban J connectivity index is 2.60. The molecule has 0 aliphatic carbocycles. The van der Waals surface area contributed by atoms with E-state index in [0.717, 1.165) is 17.0 Å². The van der Waals surface area contributed by atoms with E-state index in [1.54, 1.807) is 0 Å². The van der Waals surface area contributed by atoms with Crippen molar-refractivity contribution in [3.63, 3.8) is 0 Å². The number of pyridine rings is 1. The van der Waals surface area contributed by atoms with Crippen LogP contribution in [-0.4, -0.2) is 16.0 Å². The summed E-state index contributed by atoms with van der Waals surface area (Å²) in [5.74, 6) is 0.910. The summed E-state index contributed by atoms with van der Waals surface area (Å²) in [6.07, 6.45) is 1.91. The largest absolute Gasteiger partial charge is 0.475 e. The second-order valence-electron chi connectivity index (χ2n) is 4.32. The lowest BCUT2D eigenvalue weighted by molar-refractivity contribution is 0.370. The summed E-state index contributed by atoms with van der Waals surface area (Å²) in [5.41, 5.74) is 8.48. The zero-order valence-electron chi connectivity index (χ0n) is 10.6. The van der Waals surface area contributed by atoms with E-state index in [2.05, 4.69) is 18.8 Å². The van der Waals surface area contributed by atoms with Crippen LogP contribution in [0.25, 0.3) is 5.65 Å². The molecule has 2 rings (SSSR count). The molecule has 0 amide bonds. The third-order valence-electron chi connectivity index (χ3n) is 2.78. The maximum atomic E-state index is 8.57. The fourth-order valence-corrected chi connectivity index (χ4v) is 2.00. The Morgan fingerprint density at radius 1 is 1.56 bits per heavy atom. The molecule has 5 heteroatoms. The first-order chi connectivity index (χ1) is 8.69. The molecule has 0 aromatic carbocycles. The maximum absolute atomic E-state index is 8.57. The van der Waals surface area contributed by atoms with Crippen LogP contribution in [0.1, 0.15) is 31.2 Å². The summed E-state index contributed by atoms with van der Waals surface area (Å²) >= 11 is 0. The Kier molecular flexibility index (Phi) is 3.49. The van der Waals surface area contributed by atoms with Crippen molar-refractivity contribution in [2.75, 3.05) is 6.61 Å². The molecule has 18 heavy (non-hydrogen) atoms. The van der Waals surface area contributed by atoms with Gasteiger partial charge in [-0.3, -0.25) is 4.40 Å². The number of aromatic nitrogens is 2. The van der Waals surface area contributed by atoms with Gasteiger partial charge in [0, 0.05) is 12.7 Å². The number of ether oxygens (including phenoxy) is 1. The number of rotatable bonds is 4. The maximum Gasteiger partial charge on any atom is 0.180 e. The average molecular weight is 244 g/mol. The molecule has 2 N–H and O–H groups in total. The van der Waals surface area contributed by atoms with Gasteiger partial charge in [0.1, 0.15) is 6.07 Å². The van der Waals surface area contributed by atoms with Crippen molar-refractivity contribution in [3.05, 3.63) is 29.7 Å². The summed E-state index contributed by atoms with van der Waals surface area (Å²) in [6, 6.07) is 5.63. The van der Waals surface area contributed by atoms with Crippen LogP contribution in [0, 0.1) is 11.3 Å². The molecule has 0 bridgehead atoms. The Bertz CT molecular complexity index is 595. The van der Waals surface area contributed by atoms with E-state index in [1.807, 2.05) is 28.8 Å². The van der Waals surface area contributed by atoms with Crippen LogP contribution >= 0.6 is 0 Å². The zero-order chi connectivity index (χ0) is 13.1. The molecule has 5 nitrogen and oxygen atoms in total. The van der Waals surface area contributed by atoms with E-state index in [0.29, 0.717) is 18.2 Å². The lowest BCUT2D eigenvalue weighted by Crippen LogP contribution is -2.05. The first kappa shape index (κ1) is 12.4. The highest BCUT2D eigenvalue weighted by molar-refractivity contribution is 5.56. The SMILES string of the molecule is CC(C)c1nc2c(OCC#N)cccn2c1CN. The molecular weight excluding hydrogens is 228 g/mol. The molecule has 0 saturated carbocycles. The van der Waals surface area contributed by atoms with Crippen LogP contribution < -0.4 is 10.5 Å². The molecule has 0 atom stereocenters. The third-order valence-corrected chi connectivity index (χ3v) is 2.78. The van der Waals surface area contributed by atoms with Crippen LogP contribution in [0.5, 0.6) is 5.75 Å². The van der Waals surface area contributed by atoms with Crippen molar-refractivity contribution in [2.24, 2.45) is 5.73 Å². The molecule has 0 spiro atoms. The average Bonchev–Trinajstić information content (AvgIpc) is 2.75. The molecule has 0 aliphatic heterocycles. The second-order valence-corrected chi connectivity index (χ2v) is 4.32. The quantitative estimate of drug-likeness (QED) is 0.890. The summed E-state index contributed by atoms with van der Waals surface area (Å²) in [6.45, 7) is 4.60. The van der Waals surface area contributed by atoms with Gasteiger partial charge in [-0.15, -0.1) is 0 Å². The Morgan fingerprint density at radius 2 is 2.33 bits per heavy atom. The van der Waals surface area contributed by atoms with Gasteiger partial charge in [-0.25, -0.2) is 4.98 Å². The number of nitriles is 1. The van der Waals surface area contributed by atoms with Gasteiger partial charge in [-0.2, -0.15) is 5.26 Å². The van der Waals surface area contributed by atoms with Crippen molar-refractivity contribution in [3.8, 4) is 11.8 Å². The minimum Gasteiger partial charge on any atom is -0.475 e. The van der Waals surface area contributed by atoms with Gasteiger partial charge in [0.25, 0.3) is 0 Å². The highest BCUT2D eigenvalue weighted by Crippen LogP contribution is 2.25. The number of hydrogen-bond donors (Lipinski definition) is 1. The van der Waals surface area contributed by atoms with Gasteiger partial charge in [-0.05, 0) is 18.1 Å². The van der Waals surface area contributed by atoms with E-state index in [4.69, 9.17) is 15.7 Å². The highest BCUT2D eigenvalue weighted by Gasteiger charge is 2.16. The van der Waals surface area contributed by atoms with Crippen LogP contribution in [0.4, 0.5) is 0 Å². The molecule has 2 aromatic rings. The topological polar surface area (TPSA) is 76.3 Å². The van der Waals surface area contributed by atoms with Crippen molar-refractivity contribution < 1.29 is 4.74 Å². The van der Waals surface area contributed by atoms with Gasteiger partial charge in [-0.1, -0.05) is 13.8 Å². The number of imidazole rings is 1. The van der Waals surface area contributed by atoms with Gasteiger partial charge in [0.2, 0.25) is 0 Å². The molecule has 0 aliphatic rings. The van der Waals surface area contributed by atoms with E-state index in [-0.39, 0.29) is 6.61 Å². The summed E-state index contributed by atoms with van der Waals surface area (Å²) in [4.78, 5) is 4.58. The summed E-state index contributed by atoms with van der Waals surface area (Å²) in [5, 5.41) is 8.57. The molecule has 0 fully saturated rings. The first-order valence-electron chi connectivity index (χ1n) is 5.88. The number of hydrogen-bond acceptors (Lipinski definition) is 4. The molecular formula is C13H16N4O. The number of nitrogens with zero attached hydrogens (tertiary/aromatic N) is 3. The second kappa shape index (κ2) is 5.07. The van der Waals surface area contributed by atoms with Gasteiger partial charge < -0.3 is 10.5 Å². The monoisotopic (exact) mass is 244 g/mol. The lowest BCUT2D eigenvalue weighted by atomic mass is 10.1. The zero-order valence-corrected chi connectivity index (χ0v) is 10.6. The van der Waals surface area contributed by atoms with Gasteiger partial charge >= 0.3 is 0 Å². The summed E-state index contributed by atoms with van der Waals surface area (Å²) < 4.78 is 7.31. The Labute approximate surface area is 106 Å². The standard InChI is InChI=1S/C13H16N4O/c1-9(2)12-10(8-15)17-6-3-4-11(13(17)16-12)18-7-5-14/h3-4,6,9H,7-8,15H2,1-2H3. The van der Waals surface area contributed by atoms with Crippen LogP contribution in [0.15, 0.2) is 18.3 Å². The lowest BCUT2D eigenvalue weighted by Gasteiger charge is -2.05. The smallest absolute Gasteiger partial charge is 0.180 e. The Hall–Kier alpha value is -2.06. The van der Waals surface area contributed by atoms with E-state index in [1.165, 1.54) is 0 Å². The van der Waals surface area contributed by atoms with Crippen molar-refractivity contribution >= 4 is 5.65 Å². The normalized spacial score (nSPS) is 10.8.